The Morgan fingerprint density at radius 1 is 1.46 bits per heavy atom. The smallest absolute Gasteiger partial charge is 0.193 e. The number of aliphatic imine (C=N–C) groups is 1. The molecule has 2 fully saturated rings. The number of aryl methyl sites for hydroxylation is 1. The van der Waals surface area contributed by atoms with Crippen LogP contribution in [-0.4, -0.2) is 65.4 Å². The summed E-state index contributed by atoms with van der Waals surface area (Å²) in [4.78, 5) is 6.78. The lowest BCUT2D eigenvalue weighted by atomic mass is 10.0. The van der Waals surface area contributed by atoms with E-state index in [4.69, 9.17) is 4.74 Å². The van der Waals surface area contributed by atoms with E-state index in [1.807, 2.05) is 31.2 Å². The normalized spacial score (nSPS) is 23.0. The van der Waals surface area contributed by atoms with Gasteiger partial charge in [-0.1, -0.05) is 0 Å². The van der Waals surface area contributed by atoms with E-state index in [0.717, 1.165) is 43.7 Å². The molecule has 0 saturated carbocycles. The molecule has 1 aromatic heterocycles. The van der Waals surface area contributed by atoms with Gasteiger partial charge in [0.25, 0.3) is 0 Å². The van der Waals surface area contributed by atoms with E-state index < -0.39 is 0 Å². The number of hydrogen-bond donors (Lipinski definition) is 1. The van der Waals surface area contributed by atoms with E-state index in [2.05, 4.69) is 32.1 Å². The fraction of sp³-hybridized carbons (Fsp3) is 0.750. The summed E-state index contributed by atoms with van der Waals surface area (Å²) < 4.78 is 7.74. The molecule has 0 amide bonds. The molecule has 0 aliphatic carbocycles. The van der Waals surface area contributed by atoms with Gasteiger partial charge in [0.05, 0.1) is 19.3 Å². The summed E-state index contributed by atoms with van der Waals surface area (Å²) in [7, 11) is 3.81. The molecule has 0 aromatic carbocycles. The van der Waals surface area contributed by atoms with Gasteiger partial charge in [-0.05, 0) is 30.3 Å². The van der Waals surface area contributed by atoms with Gasteiger partial charge >= 0.3 is 0 Å². The third kappa shape index (κ3) is 5.26. The van der Waals surface area contributed by atoms with Crippen LogP contribution < -0.4 is 5.32 Å². The Labute approximate surface area is 165 Å². The van der Waals surface area contributed by atoms with Crippen LogP contribution in [-0.2, 0) is 11.8 Å². The van der Waals surface area contributed by atoms with Crippen molar-refractivity contribution in [2.75, 3.05) is 44.8 Å². The minimum atomic E-state index is 0. The summed E-state index contributed by atoms with van der Waals surface area (Å²) in [6, 6.07) is 0. The van der Waals surface area contributed by atoms with Crippen LogP contribution in [0.2, 0.25) is 0 Å². The van der Waals surface area contributed by atoms with Gasteiger partial charge in [0.1, 0.15) is 6.10 Å². The first kappa shape index (κ1) is 19.8. The standard InChI is InChI=1S/C16H27N5OS.HI/c1-17-16(18-9-13-3-7-23-8-4-13)21-5-6-22-15(12-21)14-10-19-20(2)11-14;/h10-11,13,15H,3-9,12H2,1-2H3,(H,17,18);1H. The second kappa shape index (κ2) is 9.86. The number of guanidine groups is 1. The highest BCUT2D eigenvalue weighted by Crippen LogP contribution is 2.23. The molecule has 8 heteroatoms. The summed E-state index contributed by atoms with van der Waals surface area (Å²) in [5.74, 6) is 4.38. The zero-order valence-corrected chi connectivity index (χ0v) is 17.6. The lowest BCUT2D eigenvalue weighted by molar-refractivity contribution is -0.00808. The van der Waals surface area contributed by atoms with Crippen LogP contribution in [0, 0.1) is 5.92 Å². The molecule has 2 aliphatic rings. The number of hydrogen-bond acceptors (Lipinski definition) is 4. The topological polar surface area (TPSA) is 54.7 Å². The van der Waals surface area contributed by atoms with Crippen LogP contribution in [0.1, 0.15) is 24.5 Å². The largest absolute Gasteiger partial charge is 0.370 e. The van der Waals surface area contributed by atoms with Crippen LogP contribution in [0.15, 0.2) is 17.4 Å². The highest BCUT2D eigenvalue weighted by atomic mass is 127. The third-order valence-corrected chi connectivity index (χ3v) is 5.61. The summed E-state index contributed by atoms with van der Waals surface area (Å²) in [5.41, 5.74) is 1.14. The van der Waals surface area contributed by atoms with Crippen LogP contribution >= 0.6 is 35.7 Å². The summed E-state index contributed by atoms with van der Waals surface area (Å²) in [5, 5.41) is 7.83. The number of ether oxygens (including phenoxy) is 1. The number of morpholine rings is 1. The number of aromatic nitrogens is 2. The molecule has 1 aromatic rings. The van der Waals surface area contributed by atoms with E-state index in [1.54, 1.807) is 0 Å². The number of halogens is 1. The molecule has 0 bridgehead atoms. The molecule has 2 aliphatic heterocycles. The van der Waals surface area contributed by atoms with Crippen LogP contribution in [0.4, 0.5) is 0 Å². The van der Waals surface area contributed by atoms with E-state index in [9.17, 15) is 0 Å². The predicted octanol–water partition coefficient (Wildman–Crippen LogP) is 2.13. The van der Waals surface area contributed by atoms with Crippen LogP contribution in [0.5, 0.6) is 0 Å². The van der Waals surface area contributed by atoms with Crippen molar-refractivity contribution in [1.82, 2.24) is 20.0 Å². The first-order chi connectivity index (χ1) is 11.3. The number of nitrogens with zero attached hydrogens (tertiary/aromatic N) is 4. The van der Waals surface area contributed by atoms with E-state index in [-0.39, 0.29) is 30.1 Å². The molecule has 1 atom stereocenters. The van der Waals surface area contributed by atoms with Crippen LogP contribution in [0.3, 0.4) is 0 Å². The molecule has 0 spiro atoms. The Morgan fingerprint density at radius 3 is 2.92 bits per heavy atom. The van der Waals surface area contributed by atoms with E-state index in [1.165, 1.54) is 24.3 Å². The van der Waals surface area contributed by atoms with Gasteiger partial charge in [0.2, 0.25) is 0 Å². The first-order valence-corrected chi connectivity index (χ1v) is 9.55. The Morgan fingerprint density at radius 2 is 2.25 bits per heavy atom. The molecule has 24 heavy (non-hydrogen) atoms. The zero-order chi connectivity index (χ0) is 16.1. The molecule has 2 saturated heterocycles. The molecule has 1 unspecified atom stereocenters. The molecular weight excluding hydrogens is 437 g/mol. The number of nitrogens with one attached hydrogen (secondary N) is 1. The quantitative estimate of drug-likeness (QED) is 0.421. The molecule has 0 radical (unpaired) electrons. The van der Waals surface area contributed by atoms with Gasteiger partial charge in [-0.2, -0.15) is 16.9 Å². The zero-order valence-electron chi connectivity index (χ0n) is 14.5. The van der Waals surface area contributed by atoms with Crippen LogP contribution in [0.25, 0.3) is 0 Å². The first-order valence-electron chi connectivity index (χ1n) is 8.39. The lowest BCUT2D eigenvalue weighted by Crippen LogP contribution is -2.49. The van der Waals surface area contributed by atoms with Crippen molar-refractivity contribution in [1.29, 1.82) is 0 Å². The van der Waals surface area contributed by atoms with Gasteiger partial charge in [0, 0.05) is 38.9 Å². The lowest BCUT2D eigenvalue weighted by Gasteiger charge is -2.35. The Hall–Kier alpha value is -0.480. The maximum absolute atomic E-state index is 5.92. The van der Waals surface area contributed by atoms with Crippen molar-refractivity contribution in [3.8, 4) is 0 Å². The molecular formula is C16H28IN5OS. The fourth-order valence-electron chi connectivity index (χ4n) is 3.17. The van der Waals surface area contributed by atoms with Crippen molar-refractivity contribution >= 4 is 41.7 Å². The minimum Gasteiger partial charge on any atom is -0.370 e. The van der Waals surface area contributed by atoms with Crippen molar-refractivity contribution in [3.63, 3.8) is 0 Å². The van der Waals surface area contributed by atoms with Gasteiger partial charge in [0.15, 0.2) is 5.96 Å². The second-order valence-corrected chi connectivity index (χ2v) is 7.46. The van der Waals surface area contributed by atoms with Gasteiger partial charge in [-0.25, -0.2) is 0 Å². The highest BCUT2D eigenvalue weighted by molar-refractivity contribution is 14.0. The molecule has 6 nitrogen and oxygen atoms in total. The second-order valence-electron chi connectivity index (χ2n) is 6.24. The average Bonchev–Trinajstić information content (AvgIpc) is 3.03. The Kier molecular flexibility index (Phi) is 8.15. The number of thioether (sulfide) groups is 1. The summed E-state index contributed by atoms with van der Waals surface area (Å²) in [6.07, 6.45) is 6.63. The van der Waals surface area contributed by atoms with Gasteiger partial charge in [-0.3, -0.25) is 9.67 Å². The summed E-state index contributed by atoms with van der Waals surface area (Å²) in [6.45, 7) is 3.46. The van der Waals surface area contributed by atoms with Crippen molar-refractivity contribution < 1.29 is 4.74 Å². The van der Waals surface area contributed by atoms with E-state index in [0.29, 0.717) is 0 Å². The SMILES string of the molecule is CN=C(NCC1CCSCC1)N1CCOC(c2cnn(C)c2)C1.I. The number of rotatable bonds is 3. The molecule has 136 valence electrons. The predicted molar refractivity (Wildman–Crippen MR) is 110 cm³/mol. The van der Waals surface area contributed by atoms with Crippen molar-refractivity contribution in [2.45, 2.75) is 18.9 Å². The Balaban J connectivity index is 0.00000208. The van der Waals surface area contributed by atoms with Gasteiger partial charge in [-0.15, -0.1) is 24.0 Å². The monoisotopic (exact) mass is 465 g/mol. The third-order valence-electron chi connectivity index (χ3n) is 4.56. The highest BCUT2D eigenvalue weighted by Gasteiger charge is 2.25. The molecule has 3 heterocycles. The fourth-order valence-corrected chi connectivity index (χ4v) is 4.37. The maximum Gasteiger partial charge on any atom is 0.193 e. The van der Waals surface area contributed by atoms with Crippen molar-refractivity contribution in [2.24, 2.45) is 18.0 Å². The Bertz CT molecular complexity index is 532. The van der Waals surface area contributed by atoms with Gasteiger partial charge < -0.3 is 15.0 Å². The van der Waals surface area contributed by atoms with E-state index >= 15 is 0 Å². The average molecular weight is 465 g/mol. The molecule has 1 N–H and O–H groups in total. The molecule has 3 rings (SSSR count). The van der Waals surface area contributed by atoms with Crippen molar-refractivity contribution in [3.05, 3.63) is 18.0 Å². The maximum atomic E-state index is 5.92. The summed E-state index contributed by atoms with van der Waals surface area (Å²) >= 11 is 2.07. The minimum absolute atomic E-state index is 0.